The van der Waals surface area contributed by atoms with Crippen molar-refractivity contribution >= 4 is 17.3 Å². The number of amides is 1. The highest BCUT2D eigenvalue weighted by atomic mass is 16.6. The number of benzene rings is 1. The minimum Gasteiger partial charge on any atom is -0.379 e. The van der Waals surface area contributed by atoms with E-state index in [-0.39, 0.29) is 11.6 Å². The van der Waals surface area contributed by atoms with Crippen LogP contribution in [0.2, 0.25) is 0 Å². The monoisotopic (exact) mass is 277 g/mol. The van der Waals surface area contributed by atoms with Gasteiger partial charge in [-0.3, -0.25) is 14.9 Å². The zero-order valence-corrected chi connectivity index (χ0v) is 11.5. The molecule has 2 N–H and O–H groups in total. The number of rotatable bonds is 7. The Morgan fingerprint density at radius 3 is 2.80 bits per heavy atom. The summed E-state index contributed by atoms with van der Waals surface area (Å²) in [6.45, 7) is 0.719. The van der Waals surface area contributed by atoms with E-state index in [2.05, 4.69) is 10.6 Å². The van der Waals surface area contributed by atoms with Crippen LogP contribution in [0.3, 0.4) is 0 Å². The van der Waals surface area contributed by atoms with Gasteiger partial charge in [-0.25, -0.2) is 0 Å². The summed E-state index contributed by atoms with van der Waals surface area (Å²) in [5.41, 5.74) is 0.707. The molecule has 0 bridgehead atoms. The Morgan fingerprint density at radius 2 is 2.20 bits per heavy atom. The van der Waals surface area contributed by atoms with Crippen LogP contribution in [0.25, 0.3) is 0 Å². The maximum absolute atomic E-state index is 11.5. The number of nitro groups is 1. The fourth-order valence-electron chi connectivity index (χ4n) is 2.14. The van der Waals surface area contributed by atoms with Gasteiger partial charge in [0, 0.05) is 25.2 Å². The van der Waals surface area contributed by atoms with E-state index in [0.29, 0.717) is 11.3 Å². The smallest absolute Gasteiger partial charge is 0.293 e. The largest absolute Gasteiger partial charge is 0.379 e. The summed E-state index contributed by atoms with van der Waals surface area (Å²) < 4.78 is 0. The van der Waals surface area contributed by atoms with E-state index < -0.39 is 4.92 Å². The molecule has 0 unspecified atom stereocenters. The molecule has 6 nitrogen and oxygen atoms in total. The average molecular weight is 277 g/mol. The van der Waals surface area contributed by atoms with Crippen molar-refractivity contribution < 1.29 is 9.72 Å². The molecule has 1 aromatic carbocycles. The molecule has 2 rings (SSSR count). The van der Waals surface area contributed by atoms with Gasteiger partial charge in [0.25, 0.3) is 11.6 Å². The molecule has 0 aliphatic heterocycles. The van der Waals surface area contributed by atoms with Crippen molar-refractivity contribution in [2.45, 2.75) is 25.7 Å². The van der Waals surface area contributed by atoms with Crippen molar-refractivity contribution in [3.8, 4) is 0 Å². The van der Waals surface area contributed by atoms with Crippen LogP contribution in [-0.2, 0) is 0 Å². The Morgan fingerprint density at radius 1 is 1.45 bits per heavy atom. The van der Waals surface area contributed by atoms with E-state index in [1.165, 1.54) is 32.4 Å². The first-order valence-electron chi connectivity index (χ1n) is 6.86. The first-order valence-corrected chi connectivity index (χ1v) is 6.86. The zero-order chi connectivity index (χ0) is 14.5. The van der Waals surface area contributed by atoms with Gasteiger partial charge in [-0.05, 0) is 30.9 Å². The lowest BCUT2D eigenvalue weighted by Crippen LogP contribution is -2.18. The van der Waals surface area contributed by atoms with Crippen LogP contribution in [0.5, 0.6) is 0 Å². The average Bonchev–Trinajstić information content (AvgIpc) is 3.26. The highest BCUT2D eigenvalue weighted by Gasteiger charge is 2.20. The van der Waals surface area contributed by atoms with E-state index in [9.17, 15) is 14.9 Å². The molecule has 0 atom stereocenters. The van der Waals surface area contributed by atoms with E-state index in [0.717, 1.165) is 18.9 Å². The van der Waals surface area contributed by atoms with Crippen LogP contribution >= 0.6 is 0 Å². The van der Waals surface area contributed by atoms with Gasteiger partial charge in [-0.2, -0.15) is 0 Å². The van der Waals surface area contributed by atoms with E-state index >= 15 is 0 Å². The first-order chi connectivity index (χ1) is 9.61. The van der Waals surface area contributed by atoms with E-state index in [4.69, 9.17) is 0 Å². The molecule has 1 aliphatic rings. The maximum Gasteiger partial charge on any atom is 0.293 e. The third kappa shape index (κ3) is 3.69. The number of carbonyl (C=O) groups is 1. The second-order valence-corrected chi connectivity index (χ2v) is 5.08. The second kappa shape index (κ2) is 6.36. The fourth-order valence-corrected chi connectivity index (χ4v) is 2.14. The van der Waals surface area contributed by atoms with Gasteiger partial charge in [0.15, 0.2) is 0 Å². The van der Waals surface area contributed by atoms with E-state index in [1.54, 1.807) is 12.1 Å². The van der Waals surface area contributed by atoms with Gasteiger partial charge >= 0.3 is 0 Å². The normalized spacial score (nSPS) is 13.8. The molecule has 1 saturated carbocycles. The minimum absolute atomic E-state index is 0.0579. The third-order valence-corrected chi connectivity index (χ3v) is 3.49. The first kappa shape index (κ1) is 14.3. The second-order valence-electron chi connectivity index (χ2n) is 5.08. The van der Waals surface area contributed by atoms with Crippen molar-refractivity contribution in [1.82, 2.24) is 5.32 Å². The number of nitrogens with zero attached hydrogens (tertiary/aromatic N) is 1. The number of anilines is 1. The summed E-state index contributed by atoms with van der Waals surface area (Å²) in [7, 11) is 1.50. The van der Waals surface area contributed by atoms with Gasteiger partial charge in [-0.15, -0.1) is 0 Å². The van der Waals surface area contributed by atoms with E-state index in [1.807, 2.05) is 0 Å². The molecule has 0 heterocycles. The molecule has 0 radical (unpaired) electrons. The molecule has 6 heteroatoms. The number of hydrogen-bond donors (Lipinski definition) is 2. The molecular formula is C14H19N3O3. The van der Waals surface area contributed by atoms with Crippen molar-refractivity contribution in [2.75, 3.05) is 18.9 Å². The van der Waals surface area contributed by atoms with Crippen molar-refractivity contribution in [3.63, 3.8) is 0 Å². The Labute approximate surface area is 117 Å². The highest BCUT2D eigenvalue weighted by Crippen LogP contribution is 2.33. The van der Waals surface area contributed by atoms with Gasteiger partial charge < -0.3 is 10.6 Å². The molecule has 0 spiro atoms. The molecule has 1 amide bonds. The number of carbonyl (C=O) groups excluding carboxylic acids is 1. The lowest BCUT2D eigenvalue weighted by molar-refractivity contribution is -0.384. The summed E-state index contributed by atoms with van der Waals surface area (Å²) in [5, 5.41) is 16.6. The summed E-state index contributed by atoms with van der Waals surface area (Å²) in [5.74, 6) is 0.538. The molecule has 20 heavy (non-hydrogen) atoms. The third-order valence-electron chi connectivity index (χ3n) is 3.49. The zero-order valence-electron chi connectivity index (χ0n) is 11.5. The number of nitrogens with one attached hydrogen (secondary N) is 2. The van der Waals surface area contributed by atoms with Crippen LogP contribution in [0.1, 0.15) is 36.0 Å². The summed E-state index contributed by atoms with van der Waals surface area (Å²) in [6, 6.07) is 4.50. The molecule has 1 aromatic rings. The lowest BCUT2D eigenvalue weighted by atomic mass is 10.1. The van der Waals surface area contributed by atoms with Crippen molar-refractivity contribution in [2.24, 2.45) is 5.92 Å². The molecule has 0 saturated heterocycles. The predicted octanol–water partition coefficient (Wildman–Crippen LogP) is 2.56. The SMILES string of the molecule is CNC(=O)c1ccc(NCCCC2CC2)c([N+](=O)[O-])c1. The van der Waals surface area contributed by atoms with Crippen LogP contribution in [0.4, 0.5) is 11.4 Å². The van der Waals surface area contributed by atoms with Gasteiger partial charge in [0.05, 0.1) is 4.92 Å². The van der Waals surface area contributed by atoms with Crippen molar-refractivity contribution in [1.29, 1.82) is 0 Å². The Kier molecular flexibility index (Phi) is 4.55. The molecule has 0 aromatic heterocycles. The lowest BCUT2D eigenvalue weighted by Gasteiger charge is -2.08. The van der Waals surface area contributed by atoms with Crippen LogP contribution in [-0.4, -0.2) is 24.4 Å². The minimum atomic E-state index is -0.463. The van der Waals surface area contributed by atoms with Gasteiger partial charge in [-0.1, -0.05) is 12.8 Å². The Bertz CT molecular complexity index is 512. The van der Waals surface area contributed by atoms with Crippen LogP contribution in [0, 0.1) is 16.0 Å². The molecule has 1 fully saturated rings. The molecule has 108 valence electrons. The summed E-state index contributed by atoms with van der Waals surface area (Å²) in [6.07, 6.45) is 4.83. The molecule has 1 aliphatic carbocycles. The van der Waals surface area contributed by atoms with Crippen LogP contribution in [0.15, 0.2) is 18.2 Å². The topological polar surface area (TPSA) is 84.3 Å². The van der Waals surface area contributed by atoms with Gasteiger partial charge in [0.1, 0.15) is 5.69 Å². The van der Waals surface area contributed by atoms with Gasteiger partial charge in [0.2, 0.25) is 0 Å². The fraction of sp³-hybridized carbons (Fsp3) is 0.500. The number of nitro benzene ring substituents is 1. The quantitative estimate of drug-likeness (QED) is 0.455. The standard InChI is InChI=1S/C14H19N3O3/c1-15-14(18)11-6-7-12(13(9-11)17(19)20)16-8-2-3-10-4-5-10/h6-7,9-10,16H,2-5,8H2,1H3,(H,15,18). The maximum atomic E-state index is 11.5. The van der Waals surface area contributed by atoms with Crippen molar-refractivity contribution in [3.05, 3.63) is 33.9 Å². The Hall–Kier alpha value is -2.11. The summed E-state index contributed by atoms with van der Waals surface area (Å²) in [4.78, 5) is 22.1. The Balaban J connectivity index is 2.02. The number of hydrogen-bond acceptors (Lipinski definition) is 4. The molecular weight excluding hydrogens is 258 g/mol. The summed E-state index contributed by atoms with van der Waals surface area (Å²) >= 11 is 0. The highest BCUT2D eigenvalue weighted by molar-refractivity contribution is 5.95. The predicted molar refractivity (Wildman–Crippen MR) is 76.9 cm³/mol. The van der Waals surface area contributed by atoms with Crippen LogP contribution < -0.4 is 10.6 Å².